The molecule has 4 nitrogen and oxygen atoms in total. The Bertz CT molecular complexity index is 778. The lowest BCUT2D eigenvalue weighted by atomic mass is 9.98. The normalized spacial score (nSPS) is 12.1. The Morgan fingerprint density at radius 3 is 2.08 bits per heavy atom. The highest BCUT2D eigenvalue weighted by Crippen LogP contribution is 2.25. The van der Waals surface area contributed by atoms with Crippen LogP contribution in [0.25, 0.3) is 0 Å². The number of carbonyl (C=O) groups excluding carboxylic acids is 1. The Morgan fingerprint density at radius 1 is 1.04 bits per heavy atom. The minimum Gasteiger partial charge on any atom is -0.344 e. The lowest BCUT2D eigenvalue weighted by Gasteiger charge is -2.22. The van der Waals surface area contributed by atoms with Crippen LogP contribution in [0.2, 0.25) is 0 Å². The van der Waals surface area contributed by atoms with E-state index in [1.807, 2.05) is 85.4 Å². The van der Waals surface area contributed by atoms with E-state index < -0.39 is 0 Å². The van der Waals surface area contributed by atoms with Crippen molar-refractivity contribution in [3.8, 4) is 0 Å². The summed E-state index contributed by atoms with van der Waals surface area (Å²) in [7, 11) is 1.93. The SMILES string of the molecule is C[C@H](Sc1nccn1C)C(=O)NC(c1ccccc1)c1ccccc1. The van der Waals surface area contributed by atoms with Crippen molar-refractivity contribution in [2.24, 2.45) is 7.05 Å². The number of aromatic nitrogens is 2. The first kappa shape index (κ1) is 17.3. The van der Waals surface area contributed by atoms with E-state index in [0.29, 0.717) is 0 Å². The molecule has 1 aromatic heterocycles. The lowest BCUT2D eigenvalue weighted by Crippen LogP contribution is -2.35. The zero-order valence-electron chi connectivity index (χ0n) is 14.3. The van der Waals surface area contributed by atoms with Crippen molar-refractivity contribution in [1.82, 2.24) is 14.9 Å². The summed E-state index contributed by atoms with van der Waals surface area (Å²) in [5.41, 5.74) is 2.13. The summed E-state index contributed by atoms with van der Waals surface area (Å²) in [5, 5.41) is 3.78. The van der Waals surface area contributed by atoms with Crippen molar-refractivity contribution in [2.75, 3.05) is 0 Å². The topological polar surface area (TPSA) is 46.9 Å². The van der Waals surface area contributed by atoms with Crippen LogP contribution < -0.4 is 5.32 Å². The first-order valence-electron chi connectivity index (χ1n) is 8.19. The van der Waals surface area contributed by atoms with E-state index in [9.17, 15) is 4.79 Å². The van der Waals surface area contributed by atoms with Gasteiger partial charge in [-0.2, -0.15) is 0 Å². The molecule has 0 aliphatic rings. The van der Waals surface area contributed by atoms with E-state index in [4.69, 9.17) is 0 Å². The van der Waals surface area contributed by atoms with Crippen LogP contribution in [-0.4, -0.2) is 20.7 Å². The minimum atomic E-state index is -0.240. The molecule has 0 bridgehead atoms. The van der Waals surface area contributed by atoms with Gasteiger partial charge in [0.2, 0.25) is 5.91 Å². The number of imidazole rings is 1. The quantitative estimate of drug-likeness (QED) is 0.687. The van der Waals surface area contributed by atoms with E-state index in [0.717, 1.165) is 16.3 Å². The van der Waals surface area contributed by atoms with Crippen LogP contribution in [0.4, 0.5) is 0 Å². The maximum absolute atomic E-state index is 12.8. The predicted molar refractivity (Wildman–Crippen MR) is 101 cm³/mol. The van der Waals surface area contributed by atoms with Gasteiger partial charge in [-0.3, -0.25) is 4.79 Å². The smallest absolute Gasteiger partial charge is 0.234 e. The number of amides is 1. The summed E-state index contributed by atoms with van der Waals surface area (Å²) in [6, 6.07) is 19.9. The molecule has 0 spiro atoms. The van der Waals surface area contributed by atoms with Gasteiger partial charge in [0.05, 0.1) is 11.3 Å². The molecule has 0 radical (unpaired) electrons. The van der Waals surface area contributed by atoms with Gasteiger partial charge in [-0.25, -0.2) is 4.98 Å². The molecule has 1 N–H and O–H groups in total. The second kappa shape index (κ2) is 8.03. The molecule has 128 valence electrons. The summed E-state index contributed by atoms with van der Waals surface area (Å²) < 4.78 is 1.92. The Labute approximate surface area is 152 Å². The van der Waals surface area contributed by atoms with Gasteiger partial charge in [0.25, 0.3) is 0 Å². The number of hydrogen-bond acceptors (Lipinski definition) is 3. The molecule has 0 aliphatic carbocycles. The predicted octanol–water partition coefficient (Wildman–Crippen LogP) is 3.81. The molecular weight excluding hydrogens is 330 g/mol. The van der Waals surface area contributed by atoms with Crippen molar-refractivity contribution in [3.63, 3.8) is 0 Å². The summed E-state index contributed by atoms with van der Waals surface area (Å²) in [5.74, 6) is -0.00861. The highest BCUT2D eigenvalue weighted by atomic mass is 32.2. The van der Waals surface area contributed by atoms with Gasteiger partial charge in [-0.15, -0.1) is 0 Å². The average Bonchev–Trinajstić information content (AvgIpc) is 3.05. The molecule has 2 aromatic carbocycles. The van der Waals surface area contributed by atoms with E-state index in [1.54, 1.807) is 6.20 Å². The highest BCUT2D eigenvalue weighted by molar-refractivity contribution is 8.00. The van der Waals surface area contributed by atoms with Crippen molar-refractivity contribution >= 4 is 17.7 Å². The van der Waals surface area contributed by atoms with Crippen LogP contribution in [0.1, 0.15) is 24.1 Å². The molecule has 5 heteroatoms. The molecule has 0 saturated carbocycles. The van der Waals surface area contributed by atoms with Crippen LogP contribution in [-0.2, 0) is 11.8 Å². The van der Waals surface area contributed by atoms with Gasteiger partial charge in [0.15, 0.2) is 5.16 Å². The Balaban J connectivity index is 1.78. The van der Waals surface area contributed by atoms with Gasteiger partial charge in [-0.1, -0.05) is 72.4 Å². The summed E-state index contributed by atoms with van der Waals surface area (Å²) in [4.78, 5) is 17.0. The number of aryl methyl sites for hydroxylation is 1. The molecule has 0 unspecified atom stereocenters. The largest absolute Gasteiger partial charge is 0.344 e. The van der Waals surface area contributed by atoms with E-state index in [-0.39, 0.29) is 17.2 Å². The highest BCUT2D eigenvalue weighted by Gasteiger charge is 2.22. The Kier molecular flexibility index (Phi) is 5.56. The fraction of sp³-hybridized carbons (Fsp3) is 0.200. The van der Waals surface area contributed by atoms with Crippen LogP contribution in [0.15, 0.2) is 78.2 Å². The number of rotatable bonds is 6. The second-order valence-corrected chi connectivity index (χ2v) is 7.15. The van der Waals surface area contributed by atoms with Gasteiger partial charge < -0.3 is 9.88 Å². The molecule has 1 heterocycles. The van der Waals surface area contributed by atoms with E-state index in [1.165, 1.54) is 11.8 Å². The summed E-state index contributed by atoms with van der Waals surface area (Å²) in [6.45, 7) is 1.90. The molecule has 0 fully saturated rings. The van der Waals surface area contributed by atoms with Crippen LogP contribution >= 0.6 is 11.8 Å². The number of nitrogens with zero attached hydrogens (tertiary/aromatic N) is 2. The molecule has 3 rings (SSSR count). The Hall–Kier alpha value is -2.53. The Morgan fingerprint density at radius 2 is 1.60 bits per heavy atom. The zero-order chi connectivity index (χ0) is 17.6. The molecule has 25 heavy (non-hydrogen) atoms. The first-order valence-corrected chi connectivity index (χ1v) is 9.07. The molecule has 1 atom stereocenters. The number of nitrogens with one attached hydrogen (secondary N) is 1. The fourth-order valence-electron chi connectivity index (χ4n) is 2.59. The number of carbonyl (C=O) groups is 1. The van der Waals surface area contributed by atoms with E-state index in [2.05, 4.69) is 10.3 Å². The van der Waals surface area contributed by atoms with Gasteiger partial charge in [0.1, 0.15) is 0 Å². The molecule has 0 aliphatic heterocycles. The first-order chi connectivity index (χ1) is 12.1. The molecule has 0 saturated heterocycles. The second-order valence-electron chi connectivity index (χ2n) is 5.84. The third-order valence-electron chi connectivity index (χ3n) is 3.98. The zero-order valence-corrected chi connectivity index (χ0v) is 15.1. The van der Waals surface area contributed by atoms with Gasteiger partial charge in [-0.05, 0) is 18.1 Å². The van der Waals surface area contributed by atoms with Crippen molar-refractivity contribution in [3.05, 3.63) is 84.2 Å². The number of thioether (sulfide) groups is 1. The summed E-state index contributed by atoms with van der Waals surface area (Å²) in [6.07, 6.45) is 3.62. The average molecular weight is 351 g/mol. The van der Waals surface area contributed by atoms with Gasteiger partial charge in [0, 0.05) is 19.4 Å². The standard InChI is InChI=1S/C20H21N3OS/c1-15(25-20-21-13-14-23(20)2)19(24)22-18(16-9-5-3-6-10-16)17-11-7-4-8-12-17/h3-15,18H,1-2H3,(H,22,24)/t15-/m0/s1. The third kappa shape index (κ3) is 4.31. The van der Waals surface area contributed by atoms with Gasteiger partial charge >= 0.3 is 0 Å². The number of hydrogen-bond donors (Lipinski definition) is 1. The minimum absolute atomic E-state index is 0.00861. The third-order valence-corrected chi connectivity index (χ3v) is 5.15. The maximum Gasteiger partial charge on any atom is 0.234 e. The maximum atomic E-state index is 12.8. The molecule has 1 amide bonds. The molecule has 3 aromatic rings. The monoisotopic (exact) mass is 351 g/mol. The van der Waals surface area contributed by atoms with Crippen LogP contribution in [0.3, 0.4) is 0 Å². The van der Waals surface area contributed by atoms with Crippen molar-refractivity contribution in [1.29, 1.82) is 0 Å². The van der Waals surface area contributed by atoms with E-state index >= 15 is 0 Å². The number of benzene rings is 2. The fourth-order valence-corrected chi connectivity index (χ4v) is 3.43. The van der Waals surface area contributed by atoms with Crippen LogP contribution in [0, 0.1) is 0 Å². The molecular formula is C20H21N3OS. The van der Waals surface area contributed by atoms with Crippen LogP contribution in [0.5, 0.6) is 0 Å². The van der Waals surface area contributed by atoms with Crippen molar-refractivity contribution < 1.29 is 4.79 Å². The lowest BCUT2D eigenvalue weighted by molar-refractivity contribution is -0.120. The van der Waals surface area contributed by atoms with Crippen molar-refractivity contribution in [2.45, 2.75) is 23.4 Å². The summed E-state index contributed by atoms with van der Waals surface area (Å²) >= 11 is 1.46.